The molecule has 0 aromatic heterocycles. The van der Waals surface area contributed by atoms with Gasteiger partial charge in [-0.3, -0.25) is 0 Å². The highest BCUT2D eigenvalue weighted by atomic mass is 35.5. The predicted molar refractivity (Wildman–Crippen MR) is 92.4 cm³/mol. The molecule has 120 valence electrons. The Kier molecular flexibility index (Phi) is 5.35. The molecule has 4 nitrogen and oxygen atoms in total. The molecule has 0 spiro atoms. The van der Waals surface area contributed by atoms with Gasteiger partial charge in [-0.25, -0.2) is 8.42 Å². The van der Waals surface area contributed by atoms with Gasteiger partial charge in [0.15, 0.2) is 0 Å². The van der Waals surface area contributed by atoms with Gasteiger partial charge in [-0.15, -0.1) is 12.4 Å². The van der Waals surface area contributed by atoms with Gasteiger partial charge in [-0.2, -0.15) is 4.31 Å². The Morgan fingerprint density at radius 1 is 1.18 bits per heavy atom. The third-order valence-corrected chi connectivity index (χ3v) is 6.26. The number of halogens is 2. The smallest absolute Gasteiger partial charge is 0.244 e. The van der Waals surface area contributed by atoms with E-state index in [2.05, 4.69) is 5.32 Å². The summed E-state index contributed by atoms with van der Waals surface area (Å²) in [5, 5.41) is 5.22. The van der Waals surface area contributed by atoms with E-state index in [4.69, 9.17) is 11.6 Å². The zero-order valence-corrected chi connectivity index (χ0v) is 14.5. The minimum absolute atomic E-state index is 0. The quantitative estimate of drug-likeness (QED) is 0.895. The van der Waals surface area contributed by atoms with Crippen LogP contribution in [0.25, 0.3) is 10.8 Å². The first kappa shape index (κ1) is 17.5. The molecule has 1 aliphatic rings. The first-order valence-electron chi connectivity index (χ1n) is 6.91. The van der Waals surface area contributed by atoms with Crippen molar-refractivity contribution >= 4 is 44.8 Å². The van der Waals surface area contributed by atoms with E-state index < -0.39 is 10.0 Å². The van der Waals surface area contributed by atoms with Gasteiger partial charge in [0.25, 0.3) is 0 Å². The summed E-state index contributed by atoms with van der Waals surface area (Å²) in [5.74, 6) is 0. The van der Waals surface area contributed by atoms with Crippen LogP contribution in [0, 0.1) is 0 Å². The number of fused-ring (bicyclic) bond motifs is 1. The van der Waals surface area contributed by atoms with E-state index in [0.29, 0.717) is 34.9 Å². The number of nitrogens with zero attached hydrogens (tertiary/aromatic N) is 1. The van der Waals surface area contributed by atoms with E-state index in [1.165, 1.54) is 0 Å². The van der Waals surface area contributed by atoms with Crippen molar-refractivity contribution in [3.63, 3.8) is 0 Å². The fraction of sp³-hybridized carbons (Fsp3) is 0.333. The summed E-state index contributed by atoms with van der Waals surface area (Å²) in [6.45, 7) is 3.75. The number of hydrogen-bond acceptors (Lipinski definition) is 3. The van der Waals surface area contributed by atoms with Gasteiger partial charge in [-0.05, 0) is 19.1 Å². The molecule has 3 rings (SSSR count). The second-order valence-electron chi connectivity index (χ2n) is 5.26. The van der Waals surface area contributed by atoms with E-state index in [0.717, 1.165) is 5.39 Å². The highest BCUT2D eigenvalue weighted by Gasteiger charge is 2.32. The molecule has 0 bridgehead atoms. The van der Waals surface area contributed by atoms with Crippen LogP contribution in [0.4, 0.5) is 0 Å². The van der Waals surface area contributed by atoms with Crippen molar-refractivity contribution in [3.8, 4) is 0 Å². The van der Waals surface area contributed by atoms with Crippen molar-refractivity contribution in [2.45, 2.75) is 17.9 Å². The lowest BCUT2D eigenvalue weighted by molar-refractivity contribution is 0.284. The van der Waals surface area contributed by atoms with Gasteiger partial charge >= 0.3 is 0 Å². The van der Waals surface area contributed by atoms with Crippen LogP contribution in [0.1, 0.15) is 6.92 Å². The van der Waals surface area contributed by atoms with Crippen LogP contribution in [0.3, 0.4) is 0 Å². The van der Waals surface area contributed by atoms with Crippen LogP contribution in [-0.4, -0.2) is 38.4 Å². The molecule has 1 saturated heterocycles. The number of rotatable bonds is 2. The van der Waals surface area contributed by atoms with E-state index in [1.54, 1.807) is 22.5 Å². The second kappa shape index (κ2) is 6.72. The fourth-order valence-corrected chi connectivity index (χ4v) is 4.82. The normalized spacial score (nSPS) is 19.8. The van der Waals surface area contributed by atoms with Gasteiger partial charge in [0.05, 0.1) is 4.90 Å². The molecule has 0 amide bonds. The standard InChI is InChI=1S/C15H17ClN2O2S.ClH/c1-11-10-17-8-9-18(11)21(19,20)15-7-6-14(16)12-4-2-3-5-13(12)15;/h2-7,11,17H,8-10H2,1H3;1H. The predicted octanol–water partition coefficient (Wildman–Crippen LogP) is 2.90. The average molecular weight is 361 g/mol. The monoisotopic (exact) mass is 360 g/mol. The van der Waals surface area contributed by atoms with Gasteiger partial charge in [-0.1, -0.05) is 35.9 Å². The Bertz CT molecular complexity index is 780. The highest BCUT2D eigenvalue weighted by Crippen LogP contribution is 2.31. The Morgan fingerprint density at radius 3 is 2.55 bits per heavy atom. The summed E-state index contributed by atoms with van der Waals surface area (Å²) in [4.78, 5) is 0.330. The summed E-state index contributed by atoms with van der Waals surface area (Å²) in [7, 11) is -3.52. The van der Waals surface area contributed by atoms with Crippen molar-refractivity contribution in [2.24, 2.45) is 0 Å². The lowest BCUT2D eigenvalue weighted by atomic mass is 10.1. The molecule has 7 heteroatoms. The minimum atomic E-state index is -3.52. The third-order valence-electron chi connectivity index (χ3n) is 3.86. The summed E-state index contributed by atoms with van der Waals surface area (Å²) in [5.41, 5.74) is 0. The minimum Gasteiger partial charge on any atom is -0.314 e. The molecule has 1 unspecified atom stereocenters. The van der Waals surface area contributed by atoms with Crippen LogP contribution in [0.5, 0.6) is 0 Å². The fourth-order valence-electron chi connectivity index (χ4n) is 2.77. The molecule has 1 aliphatic heterocycles. The van der Waals surface area contributed by atoms with Crippen molar-refractivity contribution in [1.29, 1.82) is 0 Å². The molecule has 1 N–H and O–H groups in total. The lowest BCUT2D eigenvalue weighted by Gasteiger charge is -2.33. The van der Waals surface area contributed by atoms with E-state index >= 15 is 0 Å². The molecule has 2 aromatic rings. The molecule has 0 saturated carbocycles. The van der Waals surface area contributed by atoms with Crippen molar-refractivity contribution in [2.75, 3.05) is 19.6 Å². The largest absolute Gasteiger partial charge is 0.314 e. The van der Waals surface area contributed by atoms with Gasteiger partial charge in [0.2, 0.25) is 10.0 Å². The molecular weight excluding hydrogens is 343 g/mol. The number of benzene rings is 2. The zero-order chi connectivity index (χ0) is 15.0. The van der Waals surface area contributed by atoms with Gasteiger partial charge < -0.3 is 5.32 Å². The molecular formula is C15H18Cl2N2O2S. The SMILES string of the molecule is CC1CNCCN1S(=O)(=O)c1ccc(Cl)c2ccccc12.Cl. The Labute approximate surface area is 141 Å². The molecule has 2 aromatic carbocycles. The number of hydrogen-bond donors (Lipinski definition) is 1. The molecule has 22 heavy (non-hydrogen) atoms. The zero-order valence-electron chi connectivity index (χ0n) is 12.1. The highest BCUT2D eigenvalue weighted by molar-refractivity contribution is 7.89. The first-order valence-corrected chi connectivity index (χ1v) is 8.73. The summed E-state index contributed by atoms with van der Waals surface area (Å²) in [6, 6.07) is 10.5. The van der Waals surface area contributed by atoms with Crippen molar-refractivity contribution in [1.82, 2.24) is 9.62 Å². The van der Waals surface area contributed by atoms with E-state index in [9.17, 15) is 8.42 Å². The lowest BCUT2D eigenvalue weighted by Crippen LogP contribution is -2.52. The molecule has 1 atom stereocenters. The molecule has 0 radical (unpaired) electrons. The van der Waals surface area contributed by atoms with Crippen LogP contribution in [0.15, 0.2) is 41.3 Å². The number of piperazine rings is 1. The van der Waals surface area contributed by atoms with Crippen molar-refractivity contribution in [3.05, 3.63) is 41.4 Å². The van der Waals surface area contributed by atoms with Crippen LogP contribution in [0.2, 0.25) is 5.02 Å². The summed E-state index contributed by atoms with van der Waals surface area (Å²) >= 11 is 6.18. The Hall–Kier alpha value is -0.850. The average Bonchev–Trinajstić information content (AvgIpc) is 2.48. The Balaban J connectivity index is 0.00000176. The van der Waals surface area contributed by atoms with Gasteiger partial charge in [0, 0.05) is 41.5 Å². The van der Waals surface area contributed by atoms with Gasteiger partial charge in [0.1, 0.15) is 0 Å². The maximum atomic E-state index is 13.0. The van der Waals surface area contributed by atoms with Crippen LogP contribution >= 0.6 is 24.0 Å². The first-order chi connectivity index (χ1) is 10.0. The molecule has 0 aliphatic carbocycles. The summed E-state index contributed by atoms with van der Waals surface area (Å²) in [6.07, 6.45) is 0. The topological polar surface area (TPSA) is 49.4 Å². The van der Waals surface area contributed by atoms with Crippen LogP contribution < -0.4 is 5.32 Å². The second-order valence-corrected chi connectivity index (χ2v) is 7.53. The maximum absolute atomic E-state index is 13.0. The van der Waals surface area contributed by atoms with E-state index in [1.807, 2.05) is 25.1 Å². The summed E-state index contributed by atoms with van der Waals surface area (Å²) < 4.78 is 27.5. The Morgan fingerprint density at radius 2 is 1.86 bits per heavy atom. The third kappa shape index (κ3) is 2.96. The van der Waals surface area contributed by atoms with E-state index in [-0.39, 0.29) is 18.4 Å². The van der Waals surface area contributed by atoms with Crippen molar-refractivity contribution < 1.29 is 8.42 Å². The number of nitrogens with one attached hydrogen (secondary N) is 1. The van der Waals surface area contributed by atoms with Crippen LogP contribution in [-0.2, 0) is 10.0 Å². The molecule has 1 fully saturated rings. The maximum Gasteiger partial charge on any atom is 0.244 e. The molecule has 1 heterocycles. The number of sulfonamides is 1.